The van der Waals surface area contributed by atoms with Crippen molar-refractivity contribution in [1.82, 2.24) is 0 Å². The first-order valence-electron chi connectivity index (χ1n) is 11.6. The predicted molar refractivity (Wildman–Crippen MR) is 127 cm³/mol. The summed E-state index contributed by atoms with van der Waals surface area (Å²) >= 11 is 0. The van der Waals surface area contributed by atoms with E-state index in [2.05, 4.69) is 79.7 Å². The molecule has 2 heterocycles. The molecule has 0 aromatic heterocycles. The third kappa shape index (κ3) is 4.99. The lowest BCUT2D eigenvalue weighted by atomic mass is 9.80. The zero-order valence-corrected chi connectivity index (χ0v) is 20.5. The second kappa shape index (κ2) is 7.94. The zero-order valence-electron chi connectivity index (χ0n) is 20.5. The lowest BCUT2D eigenvalue weighted by molar-refractivity contribution is 0.399. The summed E-state index contributed by atoms with van der Waals surface area (Å²) in [5.74, 6) is 2.03. The van der Waals surface area contributed by atoms with Crippen LogP contribution in [-0.4, -0.2) is 25.4 Å². The highest BCUT2D eigenvalue weighted by Gasteiger charge is 2.33. The standard InChI is InChI=1S/C28H38O3/c1-17-9-11-19(13-21-15-29-21)23(27(3,4)5)25(17)31-26-18(2)10-12-20(14-22-16-30-22)24(26)28(6,7)8/h9-12,21-22H,13-16H2,1-8H3. The highest BCUT2D eigenvalue weighted by Crippen LogP contribution is 2.45. The Balaban J connectivity index is 1.85. The van der Waals surface area contributed by atoms with Crippen molar-refractivity contribution in [3.63, 3.8) is 0 Å². The van der Waals surface area contributed by atoms with Gasteiger partial charge in [0.15, 0.2) is 0 Å². The highest BCUT2D eigenvalue weighted by molar-refractivity contribution is 5.56. The molecule has 2 aromatic carbocycles. The van der Waals surface area contributed by atoms with Crippen molar-refractivity contribution in [2.75, 3.05) is 13.2 Å². The molecule has 31 heavy (non-hydrogen) atoms. The summed E-state index contributed by atoms with van der Waals surface area (Å²) in [5.41, 5.74) is 7.60. The monoisotopic (exact) mass is 422 g/mol. The number of aryl methyl sites for hydroxylation is 2. The van der Waals surface area contributed by atoms with Gasteiger partial charge in [-0.25, -0.2) is 0 Å². The predicted octanol–water partition coefficient (Wildman–Crippen LogP) is 6.57. The van der Waals surface area contributed by atoms with Crippen LogP contribution in [0.2, 0.25) is 0 Å². The Kier molecular flexibility index (Phi) is 5.72. The van der Waals surface area contributed by atoms with E-state index in [1.54, 1.807) is 0 Å². The number of hydrogen-bond donors (Lipinski definition) is 0. The first-order valence-corrected chi connectivity index (χ1v) is 11.6. The van der Waals surface area contributed by atoms with Gasteiger partial charge in [0.2, 0.25) is 0 Å². The van der Waals surface area contributed by atoms with Crippen LogP contribution in [0.1, 0.15) is 74.9 Å². The summed E-state index contributed by atoms with van der Waals surface area (Å²) in [6.45, 7) is 19.8. The Morgan fingerprint density at radius 3 is 1.35 bits per heavy atom. The minimum absolute atomic E-state index is 0.0269. The fourth-order valence-electron chi connectivity index (χ4n) is 4.67. The van der Waals surface area contributed by atoms with Crippen molar-refractivity contribution in [3.05, 3.63) is 57.6 Å². The molecule has 2 fully saturated rings. The first kappa shape index (κ1) is 22.4. The Labute approximate surface area is 188 Å². The second-order valence-corrected chi connectivity index (χ2v) is 11.4. The van der Waals surface area contributed by atoms with Crippen LogP contribution in [0.15, 0.2) is 24.3 Å². The van der Waals surface area contributed by atoms with Crippen LogP contribution < -0.4 is 4.74 Å². The van der Waals surface area contributed by atoms with Crippen LogP contribution >= 0.6 is 0 Å². The van der Waals surface area contributed by atoms with Crippen LogP contribution in [0.25, 0.3) is 0 Å². The van der Waals surface area contributed by atoms with Crippen LogP contribution in [0.5, 0.6) is 11.5 Å². The van der Waals surface area contributed by atoms with E-state index in [1.807, 2.05) is 0 Å². The number of benzene rings is 2. The number of rotatable bonds is 6. The summed E-state index contributed by atoms with van der Waals surface area (Å²) in [5, 5.41) is 0. The fraction of sp³-hybridized carbons (Fsp3) is 0.571. The van der Waals surface area contributed by atoms with E-state index in [9.17, 15) is 0 Å². The van der Waals surface area contributed by atoms with Gasteiger partial charge in [-0.1, -0.05) is 65.8 Å². The van der Waals surface area contributed by atoms with Gasteiger partial charge in [-0.15, -0.1) is 0 Å². The molecule has 2 unspecified atom stereocenters. The Bertz CT molecular complexity index is 888. The molecule has 2 aliphatic heterocycles. The molecule has 0 aliphatic carbocycles. The van der Waals surface area contributed by atoms with E-state index in [0.717, 1.165) is 37.6 Å². The van der Waals surface area contributed by atoms with E-state index in [4.69, 9.17) is 14.2 Å². The average Bonchev–Trinajstić information content (AvgIpc) is 3.55. The quantitative estimate of drug-likeness (QED) is 0.494. The van der Waals surface area contributed by atoms with Gasteiger partial charge in [-0.05, 0) is 46.9 Å². The maximum Gasteiger partial charge on any atom is 0.134 e. The molecule has 0 amide bonds. The van der Waals surface area contributed by atoms with Crippen molar-refractivity contribution in [3.8, 4) is 11.5 Å². The minimum Gasteiger partial charge on any atom is -0.456 e. The van der Waals surface area contributed by atoms with Gasteiger partial charge in [-0.2, -0.15) is 0 Å². The maximum atomic E-state index is 6.96. The van der Waals surface area contributed by atoms with E-state index in [1.165, 1.54) is 33.4 Å². The van der Waals surface area contributed by atoms with Crippen LogP contribution in [0.4, 0.5) is 0 Å². The average molecular weight is 423 g/mol. The maximum absolute atomic E-state index is 6.96. The van der Waals surface area contributed by atoms with Gasteiger partial charge in [0.1, 0.15) is 11.5 Å². The van der Waals surface area contributed by atoms with Crippen LogP contribution in [0.3, 0.4) is 0 Å². The van der Waals surface area contributed by atoms with Gasteiger partial charge < -0.3 is 14.2 Å². The molecule has 2 aliphatic rings. The van der Waals surface area contributed by atoms with Crippen molar-refractivity contribution in [1.29, 1.82) is 0 Å². The molecule has 0 saturated carbocycles. The van der Waals surface area contributed by atoms with Gasteiger partial charge in [-0.3, -0.25) is 0 Å². The fourth-order valence-corrected chi connectivity index (χ4v) is 4.67. The second-order valence-electron chi connectivity index (χ2n) is 11.4. The molecule has 2 atom stereocenters. The van der Waals surface area contributed by atoms with Crippen molar-refractivity contribution in [2.45, 2.75) is 91.3 Å². The molecule has 2 aromatic rings. The molecule has 168 valence electrons. The van der Waals surface area contributed by atoms with E-state index in [-0.39, 0.29) is 10.8 Å². The molecular formula is C28H38O3. The van der Waals surface area contributed by atoms with Crippen LogP contribution in [0, 0.1) is 13.8 Å². The van der Waals surface area contributed by atoms with Gasteiger partial charge in [0, 0.05) is 24.0 Å². The molecule has 3 heteroatoms. The van der Waals surface area contributed by atoms with Crippen LogP contribution in [-0.2, 0) is 33.1 Å². The zero-order chi connectivity index (χ0) is 22.6. The summed E-state index contributed by atoms with van der Waals surface area (Å²) in [6.07, 6.45) is 2.61. The molecule has 0 bridgehead atoms. The molecule has 0 radical (unpaired) electrons. The third-order valence-corrected chi connectivity index (χ3v) is 6.29. The van der Waals surface area contributed by atoms with Crippen molar-refractivity contribution < 1.29 is 14.2 Å². The molecule has 4 rings (SSSR count). The summed E-state index contributed by atoms with van der Waals surface area (Å²) < 4.78 is 18.1. The number of ether oxygens (including phenoxy) is 3. The van der Waals surface area contributed by atoms with Crippen molar-refractivity contribution in [2.24, 2.45) is 0 Å². The molecule has 2 saturated heterocycles. The van der Waals surface area contributed by atoms with Gasteiger partial charge in [0.25, 0.3) is 0 Å². The smallest absolute Gasteiger partial charge is 0.134 e. The van der Waals surface area contributed by atoms with E-state index in [0.29, 0.717) is 12.2 Å². The lowest BCUT2D eigenvalue weighted by Crippen LogP contribution is -2.20. The van der Waals surface area contributed by atoms with Gasteiger partial charge in [0.05, 0.1) is 25.4 Å². The largest absolute Gasteiger partial charge is 0.456 e. The summed E-state index contributed by atoms with van der Waals surface area (Å²) in [6, 6.07) is 8.94. The number of hydrogen-bond acceptors (Lipinski definition) is 3. The summed E-state index contributed by atoms with van der Waals surface area (Å²) in [7, 11) is 0. The van der Waals surface area contributed by atoms with E-state index < -0.39 is 0 Å². The Morgan fingerprint density at radius 2 is 1.06 bits per heavy atom. The van der Waals surface area contributed by atoms with E-state index >= 15 is 0 Å². The Morgan fingerprint density at radius 1 is 0.710 bits per heavy atom. The molecule has 3 nitrogen and oxygen atoms in total. The topological polar surface area (TPSA) is 34.3 Å². The molecule has 0 spiro atoms. The highest BCUT2D eigenvalue weighted by atomic mass is 16.6. The first-order chi connectivity index (χ1) is 14.4. The van der Waals surface area contributed by atoms with Crippen molar-refractivity contribution >= 4 is 0 Å². The lowest BCUT2D eigenvalue weighted by Gasteiger charge is -2.31. The normalized spacial score (nSPS) is 20.6. The minimum atomic E-state index is -0.0269. The molecule has 0 N–H and O–H groups in total. The Hall–Kier alpha value is -1.84. The number of epoxide rings is 2. The SMILES string of the molecule is Cc1ccc(CC2CO2)c(C(C)(C)C)c1Oc1c(C)ccc(CC2CO2)c1C(C)(C)C. The summed E-state index contributed by atoms with van der Waals surface area (Å²) in [4.78, 5) is 0. The van der Waals surface area contributed by atoms with Gasteiger partial charge >= 0.3 is 0 Å². The molecular weight excluding hydrogens is 384 g/mol. The third-order valence-electron chi connectivity index (χ3n) is 6.29.